The van der Waals surface area contributed by atoms with Gasteiger partial charge in [-0.25, -0.2) is 4.79 Å². The third kappa shape index (κ3) is 4.41. The van der Waals surface area contributed by atoms with Crippen molar-refractivity contribution < 1.29 is 23.9 Å². The highest BCUT2D eigenvalue weighted by atomic mass is 16.4. The number of benzene rings is 2. The van der Waals surface area contributed by atoms with Crippen molar-refractivity contribution in [2.45, 2.75) is 32.2 Å². The topological polar surface area (TPSA) is 117 Å². The van der Waals surface area contributed by atoms with Crippen LogP contribution >= 0.6 is 0 Å². The van der Waals surface area contributed by atoms with Crippen molar-refractivity contribution in [3.05, 3.63) is 83.1 Å². The molecule has 1 N–H and O–H groups in total. The Hall–Kier alpha value is -4.01. The molecule has 2 aliphatic rings. The van der Waals surface area contributed by atoms with Crippen LogP contribution in [0.5, 0.6) is 0 Å². The number of aryl methyl sites for hydroxylation is 1. The van der Waals surface area contributed by atoms with Crippen LogP contribution in [0, 0.1) is 12.3 Å². The standard InChI is InChI=1S/C26H26N4O5/c1-17-27-28-22(35-17)21-15-26(10-12-29(13-11-26)23(31)18-6-3-2-4-7-18)16-30(21)24(32)19-8-5-9-20(14-19)25(33)34/h2-9,14,21H,10-13,15-16H2,1H3,(H,33,34). The molecule has 2 fully saturated rings. The number of piperidine rings is 1. The molecule has 1 spiro atoms. The highest BCUT2D eigenvalue weighted by Gasteiger charge is 2.50. The molecular formula is C26H26N4O5. The number of amides is 2. The van der Waals surface area contributed by atoms with E-state index in [0.717, 1.165) is 12.8 Å². The molecule has 3 aromatic rings. The van der Waals surface area contributed by atoms with Gasteiger partial charge in [-0.3, -0.25) is 9.59 Å². The number of aromatic nitrogens is 2. The number of carboxylic acid groups (broad SMARTS) is 1. The number of aromatic carboxylic acids is 1. The van der Waals surface area contributed by atoms with Crippen molar-refractivity contribution in [3.63, 3.8) is 0 Å². The van der Waals surface area contributed by atoms with Crippen molar-refractivity contribution in [1.82, 2.24) is 20.0 Å². The second-order valence-corrected chi connectivity index (χ2v) is 9.36. The van der Waals surface area contributed by atoms with E-state index in [4.69, 9.17) is 4.42 Å². The number of hydrogen-bond acceptors (Lipinski definition) is 6. The lowest BCUT2D eigenvalue weighted by Gasteiger charge is -2.39. The third-order valence-corrected chi connectivity index (χ3v) is 7.08. The van der Waals surface area contributed by atoms with Crippen LogP contribution in [-0.4, -0.2) is 62.5 Å². The zero-order valence-electron chi connectivity index (χ0n) is 19.4. The average molecular weight is 475 g/mol. The van der Waals surface area contributed by atoms with Gasteiger partial charge in [0.1, 0.15) is 6.04 Å². The Labute approximate surface area is 202 Å². The lowest BCUT2D eigenvalue weighted by molar-refractivity contribution is 0.0561. The van der Waals surface area contributed by atoms with Gasteiger partial charge in [-0.15, -0.1) is 10.2 Å². The van der Waals surface area contributed by atoms with E-state index in [1.807, 2.05) is 35.2 Å². The number of carbonyl (C=O) groups is 3. The van der Waals surface area contributed by atoms with Crippen molar-refractivity contribution >= 4 is 17.8 Å². The van der Waals surface area contributed by atoms with Gasteiger partial charge < -0.3 is 19.3 Å². The molecule has 5 rings (SSSR count). The normalized spacial score (nSPS) is 19.2. The molecule has 2 saturated heterocycles. The summed E-state index contributed by atoms with van der Waals surface area (Å²) >= 11 is 0. The summed E-state index contributed by atoms with van der Waals surface area (Å²) in [6, 6.07) is 14.9. The van der Waals surface area contributed by atoms with Crippen LogP contribution in [0.2, 0.25) is 0 Å². The molecule has 0 bridgehead atoms. The first-order valence-corrected chi connectivity index (χ1v) is 11.6. The van der Waals surface area contributed by atoms with E-state index in [-0.39, 0.29) is 22.8 Å². The number of nitrogens with zero attached hydrogens (tertiary/aromatic N) is 4. The van der Waals surface area contributed by atoms with Crippen LogP contribution in [0.15, 0.2) is 59.0 Å². The van der Waals surface area contributed by atoms with Crippen molar-refractivity contribution in [2.75, 3.05) is 19.6 Å². The van der Waals surface area contributed by atoms with E-state index in [2.05, 4.69) is 10.2 Å². The Balaban J connectivity index is 1.38. The van der Waals surface area contributed by atoms with E-state index in [1.54, 1.807) is 24.0 Å². The first kappa shape index (κ1) is 22.8. The van der Waals surface area contributed by atoms with Gasteiger partial charge in [-0.05, 0) is 55.0 Å². The van der Waals surface area contributed by atoms with Gasteiger partial charge in [0, 0.05) is 37.7 Å². The minimum absolute atomic E-state index is 0.0148. The van der Waals surface area contributed by atoms with Gasteiger partial charge >= 0.3 is 5.97 Å². The molecule has 1 aromatic heterocycles. The average Bonchev–Trinajstić information content (AvgIpc) is 3.48. The first-order valence-electron chi connectivity index (χ1n) is 11.6. The maximum Gasteiger partial charge on any atom is 0.335 e. The Morgan fingerprint density at radius 2 is 1.63 bits per heavy atom. The summed E-state index contributed by atoms with van der Waals surface area (Å²) in [6.07, 6.45) is 2.13. The molecule has 0 saturated carbocycles. The van der Waals surface area contributed by atoms with Crippen molar-refractivity contribution in [3.8, 4) is 0 Å². The minimum Gasteiger partial charge on any atom is -0.478 e. The summed E-state index contributed by atoms with van der Waals surface area (Å²) in [5.74, 6) is -0.541. The molecule has 9 heteroatoms. The van der Waals surface area contributed by atoms with Crippen LogP contribution in [0.3, 0.4) is 0 Å². The van der Waals surface area contributed by atoms with Crippen molar-refractivity contribution in [2.24, 2.45) is 5.41 Å². The molecule has 35 heavy (non-hydrogen) atoms. The SMILES string of the molecule is Cc1nnc(C2CC3(CCN(C(=O)c4ccccc4)CC3)CN2C(=O)c2cccc(C(=O)O)c2)o1. The fraction of sp³-hybridized carbons (Fsp3) is 0.346. The molecule has 2 aliphatic heterocycles. The summed E-state index contributed by atoms with van der Waals surface area (Å²) in [6.45, 7) is 3.37. The fourth-order valence-electron chi connectivity index (χ4n) is 5.20. The number of hydrogen-bond donors (Lipinski definition) is 1. The molecule has 9 nitrogen and oxygen atoms in total. The van der Waals surface area contributed by atoms with Gasteiger partial charge in [-0.2, -0.15) is 0 Å². The summed E-state index contributed by atoms with van der Waals surface area (Å²) < 4.78 is 5.72. The predicted molar refractivity (Wildman–Crippen MR) is 125 cm³/mol. The number of carbonyl (C=O) groups excluding carboxylic acids is 2. The Morgan fingerprint density at radius 1 is 0.943 bits per heavy atom. The number of likely N-dealkylation sites (tertiary alicyclic amines) is 2. The minimum atomic E-state index is -1.09. The molecule has 1 unspecified atom stereocenters. The Morgan fingerprint density at radius 3 is 2.29 bits per heavy atom. The van der Waals surface area contributed by atoms with Crippen LogP contribution < -0.4 is 0 Å². The van der Waals surface area contributed by atoms with E-state index >= 15 is 0 Å². The Kier molecular flexibility index (Phi) is 5.84. The number of rotatable bonds is 4. The van der Waals surface area contributed by atoms with Gasteiger partial charge in [-0.1, -0.05) is 24.3 Å². The lowest BCUT2D eigenvalue weighted by atomic mass is 9.76. The second-order valence-electron chi connectivity index (χ2n) is 9.36. The molecule has 3 heterocycles. The summed E-state index contributed by atoms with van der Waals surface area (Å²) in [5, 5.41) is 17.5. The maximum absolute atomic E-state index is 13.6. The predicted octanol–water partition coefficient (Wildman–Crippen LogP) is 3.59. The molecule has 0 aliphatic carbocycles. The van der Waals surface area contributed by atoms with E-state index < -0.39 is 12.0 Å². The first-order chi connectivity index (χ1) is 16.8. The van der Waals surface area contributed by atoms with E-state index in [0.29, 0.717) is 49.0 Å². The fourth-order valence-corrected chi connectivity index (χ4v) is 5.20. The van der Waals surface area contributed by atoms with Crippen molar-refractivity contribution in [1.29, 1.82) is 0 Å². The summed E-state index contributed by atoms with van der Waals surface area (Å²) in [7, 11) is 0. The molecular weight excluding hydrogens is 448 g/mol. The highest BCUT2D eigenvalue weighted by molar-refractivity contribution is 5.98. The van der Waals surface area contributed by atoms with Crippen LogP contribution in [0.25, 0.3) is 0 Å². The quantitative estimate of drug-likeness (QED) is 0.614. The van der Waals surface area contributed by atoms with Gasteiger partial charge in [0.2, 0.25) is 11.8 Å². The third-order valence-electron chi connectivity index (χ3n) is 7.08. The smallest absolute Gasteiger partial charge is 0.335 e. The van der Waals surface area contributed by atoms with Crippen LogP contribution in [0.1, 0.15) is 68.2 Å². The highest BCUT2D eigenvalue weighted by Crippen LogP contribution is 2.49. The van der Waals surface area contributed by atoms with E-state index in [9.17, 15) is 19.5 Å². The lowest BCUT2D eigenvalue weighted by Crippen LogP contribution is -2.44. The van der Waals surface area contributed by atoms with Gasteiger partial charge in [0.25, 0.3) is 11.8 Å². The Bertz CT molecular complexity index is 1260. The summed E-state index contributed by atoms with van der Waals surface area (Å²) in [5.41, 5.74) is 0.840. The van der Waals surface area contributed by atoms with Crippen LogP contribution in [0.4, 0.5) is 0 Å². The monoisotopic (exact) mass is 474 g/mol. The molecule has 2 aromatic carbocycles. The summed E-state index contributed by atoms with van der Waals surface area (Å²) in [4.78, 5) is 41.5. The zero-order valence-corrected chi connectivity index (χ0v) is 19.4. The van der Waals surface area contributed by atoms with Gasteiger partial charge in [0.15, 0.2) is 0 Å². The zero-order chi connectivity index (χ0) is 24.6. The number of carboxylic acids is 1. The van der Waals surface area contributed by atoms with Gasteiger partial charge in [0.05, 0.1) is 5.56 Å². The molecule has 180 valence electrons. The van der Waals surface area contributed by atoms with E-state index in [1.165, 1.54) is 12.1 Å². The molecule has 1 atom stereocenters. The molecule has 2 amide bonds. The largest absolute Gasteiger partial charge is 0.478 e. The second kappa shape index (κ2) is 8.98. The maximum atomic E-state index is 13.6. The van der Waals surface area contributed by atoms with Crippen LogP contribution in [-0.2, 0) is 0 Å². The molecule has 0 radical (unpaired) electrons.